The highest BCUT2D eigenvalue weighted by molar-refractivity contribution is 7.16. The molecule has 2 N–H and O–H groups in total. The van der Waals surface area contributed by atoms with Crippen LogP contribution in [0, 0.1) is 0 Å². The van der Waals surface area contributed by atoms with Gasteiger partial charge in [0, 0.05) is 29.9 Å². The molecule has 3 aromatic rings. The van der Waals surface area contributed by atoms with E-state index in [1.165, 1.54) is 38.0 Å². The number of esters is 1. The molecule has 0 bridgehead atoms. The van der Waals surface area contributed by atoms with Crippen LogP contribution in [-0.2, 0) is 9.59 Å². The zero-order valence-corrected chi connectivity index (χ0v) is 20.5. The van der Waals surface area contributed by atoms with Crippen molar-refractivity contribution in [3.05, 3.63) is 47.2 Å². The average molecular weight is 500 g/mol. The molecule has 184 valence electrons. The van der Waals surface area contributed by atoms with Crippen molar-refractivity contribution in [3.63, 3.8) is 0 Å². The standard InChI is InChI=1S/C23H25N5O6S/c1-13(2)21-20(22(31)34-15-6-10-19(33-4)25-12-15)28-23(35-21)27-17(30)8-7-16(29)26-14-5-9-18(32-3)24-11-14/h5-6,9-13H,7-8H2,1-4H3,(H,26,29)(H,27,28,30). The van der Waals surface area contributed by atoms with E-state index in [1.807, 2.05) is 13.8 Å². The summed E-state index contributed by atoms with van der Waals surface area (Å²) in [4.78, 5) is 50.1. The predicted molar refractivity (Wildman–Crippen MR) is 129 cm³/mol. The summed E-state index contributed by atoms with van der Waals surface area (Å²) in [5.74, 6) is -0.385. The molecule has 0 atom stereocenters. The van der Waals surface area contributed by atoms with Crippen molar-refractivity contribution >= 4 is 39.9 Å². The number of nitrogens with one attached hydrogen (secondary N) is 2. The Labute approximate surface area is 205 Å². The highest BCUT2D eigenvalue weighted by Crippen LogP contribution is 2.31. The molecular formula is C23H25N5O6S. The zero-order valence-electron chi connectivity index (χ0n) is 19.7. The Morgan fingerprint density at radius 2 is 1.54 bits per heavy atom. The summed E-state index contributed by atoms with van der Waals surface area (Å²) in [5.41, 5.74) is 0.605. The quantitative estimate of drug-likeness (QED) is 0.400. The Kier molecular flexibility index (Phi) is 8.68. The van der Waals surface area contributed by atoms with Crippen LogP contribution in [0.2, 0.25) is 0 Å². The number of amides is 2. The fourth-order valence-electron chi connectivity index (χ4n) is 2.83. The third kappa shape index (κ3) is 7.21. The highest BCUT2D eigenvalue weighted by Gasteiger charge is 2.23. The molecule has 3 heterocycles. The molecule has 0 spiro atoms. The largest absolute Gasteiger partial charge is 0.481 e. The van der Waals surface area contributed by atoms with E-state index < -0.39 is 11.9 Å². The van der Waals surface area contributed by atoms with E-state index in [0.29, 0.717) is 22.3 Å². The monoisotopic (exact) mass is 499 g/mol. The van der Waals surface area contributed by atoms with Gasteiger partial charge in [-0.15, -0.1) is 11.3 Å². The number of carbonyl (C=O) groups excluding carboxylic acids is 3. The Balaban J connectivity index is 1.57. The van der Waals surface area contributed by atoms with Crippen LogP contribution in [-0.4, -0.2) is 47.0 Å². The molecule has 0 aromatic carbocycles. The number of ether oxygens (including phenoxy) is 3. The molecule has 3 rings (SSSR count). The average Bonchev–Trinajstić information content (AvgIpc) is 3.28. The van der Waals surface area contributed by atoms with E-state index in [1.54, 1.807) is 24.3 Å². The van der Waals surface area contributed by atoms with Gasteiger partial charge in [0.1, 0.15) is 5.75 Å². The molecule has 35 heavy (non-hydrogen) atoms. The molecule has 2 amide bonds. The van der Waals surface area contributed by atoms with Crippen LogP contribution in [0.1, 0.15) is 48.0 Å². The summed E-state index contributed by atoms with van der Waals surface area (Å²) in [6.07, 6.45) is 2.72. The van der Waals surface area contributed by atoms with Crippen LogP contribution in [0.5, 0.6) is 17.5 Å². The summed E-state index contributed by atoms with van der Waals surface area (Å²) in [7, 11) is 2.98. The molecule has 0 unspecified atom stereocenters. The number of thiazole rings is 1. The lowest BCUT2D eigenvalue weighted by molar-refractivity contribution is -0.121. The number of nitrogens with zero attached hydrogens (tertiary/aromatic N) is 3. The minimum absolute atomic E-state index is 0.0291. The Bertz CT molecular complexity index is 1180. The molecule has 3 aromatic heterocycles. The first-order valence-electron chi connectivity index (χ1n) is 10.6. The zero-order chi connectivity index (χ0) is 25.4. The molecule has 12 heteroatoms. The second-order valence-corrected chi connectivity index (χ2v) is 8.53. The van der Waals surface area contributed by atoms with Crippen molar-refractivity contribution in [1.82, 2.24) is 15.0 Å². The fourth-order valence-corrected chi connectivity index (χ4v) is 3.80. The summed E-state index contributed by atoms with van der Waals surface area (Å²) >= 11 is 1.18. The molecule has 11 nitrogen and oxygen atoms in total. The van der Waals surface area contributed by atoms with E-state index in [2.05, 4.69) is 25.6 Å². The van der Waals surface area contributed by atoms with Crippen LogP contribution in [0.25, 0.3) is 0 Å². The first-order valence-corrected chi connectivity index (χ1v) is 11.4. The van der Waals surface area contributed by atoms with E-state index in [9.17, 15) is 14.4 Å². The Hall–Kier alpha value is -4.06. The minimum atomic E-state index is -0.662. The third-order valence-corrected chi connectivity index (χ3v) is 5.83. The lowest BCUT2D eigenvalue weighted by atomic mass is 10.1. The predicted octanol–water partition coefficient (Wildman–Crippen LogP) is 3.65. The van der Waals surface area contributed by atoms with E-state index >= 15 is 0 Å². The number of aromatic nitrogens is 3. The number of hydrogen-bond acceptors (Lipinski definition) is 10. The summed E-state index contributed by atoms with van der Waals surface area (Å²) in [6.45, 7) is 3.81. The Morgan fingerprint density at radius 1 is 0.914 bits per heavy atom. The van der Waals surface area contributed by atoms with Crippen LogP contribution < -0.4 is 24.8 Å². The molecule has 0 aliphatic carbocycles. The number of pyridine rings is 2. The molecular weight excluding hydrogens is 474 g/mol. The van der Waals surface area contributed by atoms with Gasteiger partial charge in [-0.05, 0) is 18.1 Å². The number of hydrogen-bond donors (Lipinski definition) is 2. The van der Waals surface area contributed by atoms with Gasteiger partial charge < -0.3 is 24.8 Å². The van der Waals surface area contributed by atoms with Crippen LogP contribution in [0.4, 0.5) is 10.8 Å². The number of rotatable bonds is 10. The van der Waals surface area contributed by atoms with Gasteiger partial charge in [-0.1, -0.05) is 13.8 Å². The maximum absolute atomic E-state index is 12.7. The van der Waals surface area contributed by atoms with Crippen molar-refractivity contribution in [2.45, 2.75) is 32.6 Å². The number of methoxy groups -OCH3 is 2. The van der Waals surface area contributed by atoms with Gasteiger partial charge in [0.05, 0.1) is 32.3 Å². The smallest absolute Gasteiger partial charge is 0.363 e. The van der Waals surface area contributed by atoms with Crippen LogP contribution in [0.15, 0.2) is 36.7 Å². The molecule has 0 fully saturated rings. The van der Waals surface area contributed by atoms with E-state index in [0.717, 1.165) is 0 Å². The summed E-state index contributed by atoms with van der Waals surface area (Å²) in [6, 6.07) is 6.39. The molecule has 0 saturated heterocycles. The second kappa shape index (κ2) is 11.9. The van der Waals surface area contributed by atoms with Crippen molar-refractivity contribution in [1.29, 1.82) is 0 Å². The van der Waals surface area contributed by atoms with Crippen LogP contribution in [0.3, 0.4) is 0 Å². The molecule has 0 aliphatic rings. The van der Waals surface area contributed by atoms with E-state index in [-0.39, 0.29) is 41.2 Å². The van der Waals surface area contributed by atoms with Gasteiger partial charge in [-0.2, -0.15) is 0 Å². The van der Waals surface area contributed by atoms with Crippen molar-refractivity contribution in [2.24, 2.45) is 0 Å². The summed E-state index contributed by atoms with van der Waals surface area (Å²) < 4.78 is 15.3. The van der Waals surface area contributed by atoms with Crippen molar-refractivity contribution in [2.75, 3.05) is 24.9 Å². The first-order chi connectivity index (χ1) is 16.8. The third-order valence-electron chi connectivity index (χ3n) is 4.55. The second-order valence-electron chi connectivity index (χ2n) is 7.50. The lowest BCUT2D eigenvalue weighted by Gasteiger charge is -2.06. The normalized spacial score (nSPS) is 10.5. The van der Waals surface area contributed by atoms with Gasteiger partial charge in [-0.3, -0.25) is 9.59 Å². The number of anilines is 2. The van der Waals surface area contributed by atoms with Gasteiger partial charge in [0.25, 0.3) is 0 Å². The van der Waals surface area contributed by atoms with Crippen molar-refractivity contribution < 1.29 is 28.6 Å². The fraction of sp³-hybridized carbons (Fsp3) is 0.304. The van der Waals surface area contributed by atoms with Gasteiger partial charge in [-0.25, -0.2) is 19.7 Å². The topological polar surface area (TPSA) is 142 Å². The first kappa shape index (κ1) is 25.6. The minimum Gasteiger partial charge on any atom is -0.481 e. The molecule has 0 aliphatic heterocycles. The lowest BCUT2D eigenvalue weighted by Crippen LogP contribution is -2.17. The van der Waals surface area contributed by atoms with Gasteiger partial charge in [0.2, 0.25) is 23.6 Å². The Morgan fingerprint density at radius 3 is 2.09 bits per heavy atom. The van der Waals surface area contributed by atoms with E-state index in [4.69, 9.17) is 14.2 Å². The maximum Gasteiger partial charge on any atom is 0.363 e. The maximum atomic E-state index is 12.7. The van der Waals surface area contributed by atoms with Gasteiger partial charge in [0.15, 0.2) is 10.8 Å². The number of carbonyl (C=O) groups is 3. The molecule has 0 radical (unpaired) electrons. The molecule has 0 saturated carbocycles. The van der Waals surface area contributed by atoms with Crippen LogP contribution >= 0.6 is 11.3 Å². The van der Waals surface area contributed by atoms with Gasteiger partial charge >= 0.3 is 5.97 Å². The van der Waals surface area contributed by atoms with Crippen molar-refractivity contribution in [3.8, 4) is 17.5 Å². The SMILES string of the molecule is COc1ccc(NC(=O)CCC(=O)Nc2nc(C(=O)Oc3ccc(OC)nc3)c(C(C)C)s2)cn1. The summed E-state index contributed by atoms with van der Waals surface area (Å²) in [5, 5.41) is 5.56. The highest BCUT2D eigenvalue weighted by atomic mass is 32.1.